The third-order valence-electron chi connectivity index (χ3n) is 3.57. The summed E-state index contributed by atoms with van der Waals surface area (Å²) in [5.74, 6) is -0.722. The fourth-order valence-corrected chi connectivity index (χ4v) is 2.39. The highest BCUT2D eigenvalue weighted by Crippen LogP contribution is 2.16. The summed E-state index contributed by atoms with van der Waals surface area (Å²) in [5.41, 5.74) is 2.98. The molecule has 0 saturated carbocycles. The van der Waals surface area contributed by atoms with Gasteiger partial charge in [0.2, 0.25) is 0 Å². The number of benzene rings is 2. The zero-order valence-electron chi connectivity index (χ0n) is 14.9. The van der Waals surface area contributed by atoms with Gasteiger partial charge in [-0.05, 0) is 61.2 Å². The van der Waals surface area contributed by atoms with Crippen molar-refractivity contribution in [2.45, 2.75) is 20.3 Å². The molecule has 0 fully saturated rings. The van der Waals surface area contributed by atoms with E-state index >= 15 is 0 Å². The number of rotatable bonds is 8. The third-order valence-corrected chi connectivity index (χ3v) is 3.57. The number of nitrogens with one attached hydrogen (secondary N) is 1. The molecule has 2 aromatic rings. The van der Waals surface area contributed by atoms with Crippen LogP contribution in [-0.4, -0.2) is 31.6 Å². The van der Waals surface area contributed by atoms with Crippen LogP contribution < -0.4 is 10.1 Å². The van der Waals surface area contributed by atoms with Gasteiger partial charge < -0.3 is 14.8 Å². The van der Waals surface area contributed by atoms with Crippen LogP contribution in [0, 0.1) is 19.7 Å². The van der Waals surface area contributed by atoms with Gasteiger partial charge in [-0.2, -0.15) is 0 Å². The molecule has 0 aliphatic carbocycles. The van der Waals surface area contributed by atoms with Crippen molar-refractivity contribution in [3.05, 3.63) is 65.0 Å². The number of amides is 1. The Bertz CT molecular complexity index is 739. The van der Waals surface area contributed by atoms with Gasteiger partial charge in [0, 0.05) is 6.54 Å². The Labute approximate surface area is 152 Å². The fourth-order valence-electron chi connectivity index (χ4n) is 2.39. The fraction of sp³-hybridized carbons (Fsp3) is 0.300. The molecule has 0 aliphatic rings. The van der Waals surface area contributed by atoms with Gasteiger partial charge in [0.25, 0.3) is 5.91 Å². The van der Waals surface area contributed by atoms with Crippen LogP contribution in [0.4, 0.5) is 4.39 Å². The van der Waals surface area contributed by atoms with Gasteiger partial charge >= 0.3 is 5.97 Å². The molecule has 0 heterocycles. The summed E-state index contributed by atoms with van der Waals surface area (Å²) in [7, 11) is 0. The summed E-state index contributed by atoms with van der Waals surface area (Å²) >= 11 is 0. The van der Waals surface area contributed by atoms with E-state index in [1.54, 1.807) is 12.1 Å². The zero-order chi connectivity index (χ0) is 18.9. The van der Waals surface area contributed by atoms with E-state index in [2.05, 4.69) is 5.32 Å². The summed E-state index contributed by atoms with van der Waals surface area (Å²) in [6.45, 7) is 3.63. The standard InChI is InChI=1S/C20H22FNO4/c1-14-9-15(2)11-18(10-14)25-13-20(24)26-12-19(23)22-8-7-16-3-5-17(21)6-4-16/h3-6,9-11H,7-8,12-13H2,1-2H3,(H,22,23). The van der Waals surface area contributed by atoms with Crippen molar-refractivity contribution in [3.63, 3.8) is 0 Å². The quantitative estimate of drug-likeness (QED) is 0.736. The van der Waals surface area contributed by atoms with Gasteiger partial charge in [0.15, 0.2) is 13.2 Å². The molecule has 0 bridgehead atoms. The zero-order valence-corrected chi connectivity index (χ0v) is 14.9. The van der Waals surface area contributed by atoms with Crippen LogP contribution in [0.1, 0.15) is 16.7 Å². The van der Waals surface area contributed by atoms with E-state index in [0.717, 1.165) is 16.7 Å². The van der Waals surface area contributed by atoms with Crippen molar-refractivity contribution in [1.29, 1.82) is 0 Å². The first-order chi connectivity index (χ1) is 12.4. The number of carbonyl (C=O) groups excluding carboxylic acids is 2. The maximum atomic E-state index is 12.8. The molecule has 1 amide bonds. The van der Waals surface area contributed by atoms with Gasteiger partial charge in [-0.3, -0.25) is 4.79 Å². The molecule has 0 spiro atoms. The maximum absolute atomic E-state index is 12.8. The summed E-state index contributed by atoms with van der Waals surface area (Å²) in [4.78, 5) is 23.3. The lowest BCUT2D eigenvalue weighted by Crippen LogP contribution is -2.31. The number of ether oxygens (including phenoxy) is 2. The molecular weight excluding hydrogens is 337 g/mol. The van der Waals surface area contributed by atoms with Gasteiger partial charge in [0.1, 0.15) is 11.6 Å². The van der Waals surface area contributed by atoms with Gasteiger partial charge in [-0.15, -0.1) is 0 Å². The van der Waals surface area contributed by atoms with E-state index in [1.165, 1.54) is 12.1 Å². The molecule has 5 nitrogen and oxygen atoms in total. The molecule has 1 N–H and O–H groups in total. The van der Waals surface area contributed by atoms with E-state index in [4.69, 9.17) is 9.47 Å². The highest BCUT2D eigenvalue weighted by molar-refractivity contribution is 5.80. The number of halogens is 1. The van der Waals surface area contributed by atoms with Crippen molar-refractivity contribution in [2.75, 3.05) is 19.8 Å². The Morgan fingerprint density at radius 1 is 1.00 bits per heavy atom. The third kappa shape index (κ3) is 6.93. The lowest BCUT2D eigenvalue weighted by molar-refractivity contribution is -0.150. The van der Waals surface area contributed by atoms with Crippen molar-refractivity contribution < 1.29 is 23.5 Å². The molecule has 0 radical (unpaired) electrons. The highest BCUT2D eigenvalue weighted by Gasteiger charge is 2.09. The number of esters is 1. The number of aryl methyl sites for hydroxylation is 2. The normalized spacial score (nSPS) is 10.3. The summed E-state index contributed by atoms with van der Waals surface area (Å²) in [5, 5.41) is 2.64. The van der Waals surface area contributed by atoms with Crippen LogP contribution in [0.2, 0.25) is 0 Å². The van der Waals surface area contributed by atoms with E-state index in [9.17, 15) is 14.0 Å². The Hall–Kier alpha value is -2.89. The summed E-state index contributed by atoms with van der Waals surface area (Å²) < 4.78 is 23.0. The van der Waals surface area contributed by atoms with E-state index in [1.807, 2.05) is 32.0 Å². The summed E-state index contributed by atoms with van der Waals surface area (Å²) in [6.07, 6.45) is 0.565. The number of hydrogen-bond acceptors (Lipinski definition) is 4. The lowest BCUT2D eigenvalue weighted by atomic mass is 10.1. The van der Waals surface area contributed by atoms with Crippen molar-refractivity contribution in [1.82, 2.24) is 5.32 Å². The van der Waals surface area contributed by atoms with Gasteiger partial charge in [0.05, 0.1) is 0 Å². The van der Waals surface area contributed by atoms with Crippen molar-refractivity contribution in [2.24, 2.45) is 0 Å². The van der Waals surface area contributed by atoms with E-state index in [0.29, 0.717) is 18.7 Å². The van der Waals surface area contributed by atoms with Crippen LogP contribution in [0.15, 0.2) is 42.5 Å². The van der Waals surface area contributed by atoms with E-state index in [-0.39, 0.29) is 19.0 Å². The second-order valence-corrected chi connectivity index (χ2v) is 6.00. The Morgan fingerprint density at radius 3 is 2.31 bits per heavy atom. The minimum Gasteiger partial charge on any atom is -0.482 e. The topological polar surface area (TPSA) is 64.6 Å². The van der Waals surface area contributed by atoms with Gasteiger partial charge in [-0.25, -0.2) is 9.18 Å². The number of carbonyl (C=O) groups is 2. The Morgan fingerprint density at radius 2 is 1.65 bits per heavy atom. The Balaban J connectivity index is 1.63. The minimum absolute atomic E-state index is 0.258. The first kappa shape index (κ1) is 19.4. The predicted octanol–water partition coefficient (Wildman–Crippen LogP) is 2.72. The first-order valence-corrected chi connectivity index (χ1v) is 8.30. The highest BCUT2D eigenvalue weighted by atomic mass is 19.1. The molecule has 26 heavy (non-hydrogen) atoms. The van der Waals surface area contributed by atoms with Gasteiger partial charge in [-0.1, -0.05) is 18.2 Å². The van der Waals surface area contributed by atoms with Crippen molar-refractivity contribution >= 4 is 11.9 Å². The van der Waals surface area contributed by atoms with Crippen LogP contribution in [0.25, 0.3) is 0 Å². The lowest BCUT2D eigenvalue weighted by Gasteiger charge is -2.09. The van der Waals surface area contributed by atoms with Crippen LogP contribution >= 0.6 is 0 Å². The largest absolute Gasteiger partial charge is 0.482 e. The second kappa shape index (κ2) is 9.56. The van der Waals surface area contributed by atoms with Crippen LogP contribution in [0.3, 0.4) is 0 Å². The Kier molecular flexibility index (Phi) is 7.14. The molecule has 6 heteroatoms. The molecule has 0 aliphatic heterocycles. The van der Waals surface area contributed by atoms with Crippen molar-refractivity contribution in [3.8, 4) is 5.75 Å². The number of hydrogen-bond donors (Lipinski definition) is 1. The molecular formula is C20H22FNO4. The average Bonchev–Trinajstić information content (AvgIpc) is 2.59. The van der Waals surface area contributed by atoms with E-state index < -0.39 is 11.9 Å². The predicted molar refractivity (Wildman–Crippen MR) is 95.5 cm³/mol. The molecule has 0 unspecified atom stereocenters. The SMILES string of the molecule is Cc1cc(C)cc(OCC(=O)OCC(=O)NCCc2ccc(F)cc2)c1. The summed E-state index contributed by atoms with van der Waals surface area (Å²) in [6, 6.07) is 11.7. The van der Waals surface area contributed by atoms with Crippen LogP contribution in [-0.2, 0) is 20.7 Å². The molecule has 0 atom stereocenters. The molecule has 0 aromatic heterocycles. The molecule has 2 aromatic carbocycles. The maximum Gasteiger partial charge on any atom is 0.344 e. The minimum atomic E-state index is -0.613. The molecule has 0 saturated heterocycles. The molecule has 138 valence electrons. The molecule has 2 rings (SSSR count). The smallest absolute Gasteiger partial charge is 0.344 e. The average molecular weight is 359 g/mol. The monoisotopic (exact) mass is 359 g/mol. The van der Waals surface area contributed by atoms with Crippen LogP contribution in [0.5, 0.6) is 5.75 Å². The second-order valence-electron chi connectivity index (χ2n) is 6.00. The first-order valence-electron chi connectivity index (χ1n) is 8.30.